The van der Waals surface area contributed by atoms with Gasteiger partial charge in [0.05, 0.1) is 19.1 Å². The lowest BCUT2D eigenvalue weighted by Gasteiger charge is -2.31. The number of primary amides is 1. The summed E-state index contributed by atoms with van der Waals surface area (Å²) in [4.78, 5) is 176. The minimum absolute atomic E-state index is 0.0123. The van der Waals surface area contributed by atoms with Gasteiger partial charge in [0.15, 0.2) is 0 Å². The molecule has 0 bridgehead atoms. The predicted molar refractivity (Wildman–Crippen MR) is 460 cm³/mol. The lowest BCUT2D eigenvalue weighted by atomic mass is 10.00. The molecule has 0 spiro atoms. The second-order valence-electron chi connectivity index (χ2n) is 30.3. The second-order valence-corrected chi connectivity index (χ2v) is 30.3. The summed E-state index contributed by atoms with van der Waals surface area (Å²) in [5.74, 6) is -7.97. The van der Waals surface area contributed by atoms with Gasteiger partial charge in [-0.05, 0) is 182 Å². The van der Waals surface area contributed by atoms with Crippen molar-refractivity contribution in [1.82, 2.24) is 67.3 Å². The Bertz CT molecular complexity index is 4560. The van der Waals surface area contributed by atoms with E-state index in [1.54, 1.807) is 73.2 Å². The van der Waals surface area contributed by atoms with Gasteiger partial charge >= 0.3 is 0 Å². The third-order valence-electron chi connectivity index (χ3n) is 21.2. The smallest absolute Gasteiger partial charge is 0.245 e. The van der Waals surface area contributed by atoms with Crippen molar-refractivity contribution in [3.63, 3.8) is 0 Å². The first-order valence-corrected chi connectivity index (χ1v) is 41.6. The van der Waals surface area contributed by atoms with Gasteiger partial charge in [-0.15, -0.1) is 0 Å². The van der Waals surface area contributed by atoms with Gasteiger partial charge in [-0.25, -0.2) is 0 Å². The first kappa shape index (κ1) is 93.1. The Kier molecular flexibility index (Phi) is 38.9. The third-order valence-corrected chi connectivity index (χ3v) is 21.2. The fourth-order valence-corrected chi connectivity index (χ4v) is 14.6. The molecule has 0 saturated carbocycles. The van der Waals surface area contributed by atoms with Crippen molar-refractivity contribution in [1.29, 1.82) is 0 Å². The molecule has 119 heavy (non-hydrogen) atoms. The van der Waals surface area contributed by atoms with E-state index in [4.69, 9.17) is 45.9 Å². The van der Waals surface area contributed by atoms with Gasteiger partial charge in [-0.3, -0.25) is 52.7 Å². The molecular weight excluding hydrogens is 1520 g/mol. The van der Waals surface area contributed by atoms with Crippen molar-refractivity contribution in [3.8, 4) is 0 Å². The first-order valence-electron chi connectivity index (χ1n) is 41.6. The van der Waals surface area contributed by atoms with E-state index in [9.17, 15) is 28.8 Å². The maximum absolute atomic E-state index is 16.0. The number of H-pyrrole nitrogens is 3. The number of amides is 11. The van der Waals surface area contributed by atoms with Crippen LogP contribution in [0.1, 0.15) is 131 Å². The molecule has 0 fully saturated rings. The number of hydrogen-bond donors (Lipinski definition) is 19. The van der Waals surface area contributed by atoms with Gasteiger partial charge in [0.2, 0.25) is 65.0 Å². The zero-order valence-electron chi connectivity index (χ0n) is 68.1. The van der Waals surface area contributed by atoms with Crippen molar-refractivity contribution < 1.29 is 52.7 Å². The van der Waals surface area contributed by atoms with Gasteiger partial charge in [0, 0.05) is 96.5 Å². The Hall–Kier alpha value is -11.4. The summed E-state index contributed by atoms with van der Waals surface area (Å²) < 4.78 is 0. The summed E-state index contributed by atoms with van der Waals surface area (Å²) in [6, 6.07) is 28.5. The quantitative estimate of drug-likeness (QED) is 0.0242. The Morgan fingerprint density at radius 3 is 0.983 bits per heavy atom. The Morgan fingerprint density at radius 2 is 0.588 bits per heavy atom. The average Bonchev–Trinajstić information content (AvgIpc) is 1.66. The molecule has 642 valence electrons. The number of unbranched alkanes of at least 4 members (excludes halogenated alkanes) is 6. The van der Waals surface area contributed by atoms with E-state index in [0.29, 0.717) is 143 Å². The molecule has 0 saturated heterocycles. The molecule has 8 rings (SSSR count). The standard InChI is InChI=1S/C87H123N21O11/c88-39-17-13-32-65(94)80(112)102-70(37-15-19-41-90)82(114)105-75(48-58-27-5-2-6-28-58)86(118)107(45-23-21-43-92)56-78(110)100-73(49-59-52-96-66-33-10-7-29-62(59)66)84(116)104-74(50-60-53-97-67-34-11-8-30-63(60)67)85(117)106-76(51-61-54-98-68-35-12-9-31-64(61)68)87(119)108(46-24-22-44-93)55-77(109)99-72(47-57-25-3-1-4-26-57)83(115)103-71(38-16-20-42-91)81(113)101-69(79(95)111)36-14-18-40-89/h1-12,25-31,33-35,52-54,65,69-76,96-98H,13-24,32,36-51,55-56,88-94H2,(H2,95,111)(H,99,109)(H,100,110)(H,101,113)(H,102,112)(H,103,115)(H,104,116)(H,105,114)(H,106,117)/t65-,69-,70-,71-,72-,73-,74-,75-,76-/m0/s1. The van der Waals surface area contributed by atoms with Crippen molar-refractivity contribution in [2.24, 2.45) is 45.9 Å². The number of carbonyl (C=O) groups is 11. The van der Waals surface area contributed by atoms with Crippen LogP contribution in [0.5, 0.6) is 0 Å². The highest BCUT2D eigenvalue weighted by Crippen LogP contribution is 2.25. The van der Waals surface area contributed by atoms with E-state index < -0.39 is 132 Å². The van der Waals surface area contributed by atoms with Crippen LogP contribution in [-0.4, -0.2) is 210 Å². The zero-order valence-corrected chi connectivity index (χ0v) is 68.1. The summed E-state index contributed by atoms with van der Waals surface area (Å²) in [6.45, 7) is 0.541. The molecular formula is C87H123N21O11. The number of para-hydroxylation sites is 3. The van der Waals surface area contributed by atoms with Crippen molar-refractivity contribution in [3.05, 3.63) is 180 Å². The average molecular weight is 1640 g/mol. The number of carbonyl (C=O) groups excluding carboxylic acids is 11. The van der Waals surface area contributed by atoms with E-state index in [-0.39, 0.29) is 77.5 Å². The summed E-state index contributed by atoms with van der Waals surface area (Å²) in [5.41, 5.74) is 52.6. The van der Waals surface area contributed by atoms with E-state index in [1.165, 1.54) is 9.80 Å². The molecule has 9 atom stereocenters. The lowest BCUT2D eigenvalue weighted by Crippen LogP contribution is -2.60. The van der Waals surface area contributed by atoms with Crippen LogP contribution in [0.3, 0.4) is 0 Å². The van der Waals surface area contributed by atoms with Crippen molar-refractivity contribution in [2.75, 3.05) is 65.4 Å². The number of nitrogens with one attached hydrogen (secondary N) is 11. The third kappa shape index (κ3) is 29.6. The highest BCUT2D eigenvalue weighted by molar-refractivity contribution is 6.00. The SMILES string of the molecule is NCCCC[C@H](NC(=O)[C@H](CCCCN)NC(=O)[C@H](Cc1ccccc1)NC(=O)CN(CCCCN)C(=O)[C@H](Cc1c[nH]c2ccccc12)NC(=O)[C@H](Cc1c[nH]c2ccccc12)NC(=O)[C@H](Cc1c[nH]c2ccccc12)NC(=O)CN(CCCCN)C(=O)[C@H](Cc1ccccc1)NC(=O)[C@H](CCCCN)NC(=O)[C@@H](N)CCCCN)C(N)=O. The van der Waals surface area contributed by atoms with Gasteiger partial charge < -0.3 is 113 Å². The normalized spacial score (nSPS) is 13.6. The minimum Gasteiger partial charge on any atom is -0.368 e. The van der Waals surface area contributed by atoms with Crippen LogP contribution >= 0.6 is 0 Å². The molecule has 8 aromatic rings. The molecule has 0 aliphatic carbocycles. The van der Waals surface area contributed by atoms with Crippen LogP contribution in [0.4, 0.5) is 0 Å². The van der Waals surface area contributed by atoms with Crippen LogP contribution in [0.25, 0.3) is 32.7 Å². The molecule has 3 heterocycles. The second kappa shape index (κ2) is 49.7. The molecule has 27 N–H and O–H groups in total. The van der Waals surface area contributed by atoms with Crippen LogP contribution in [-0.2, 0) is 84.8 Å². The number of aromatic nitrogens is 3. The lowest BCUT2D eigenvalue weighted by molar-refractivity contribution is -0.141. The summed E-state index contributed by atoms with van der Waals surface area (Å²) in [7, 11) is 0. The molecule has 3 aromatic heterocycles. The van der Waals surface area contributed by atoms with E-state index in [2.05, 4.69) is 57.5 Å². The van der Waals surface area contributed by atoms with Crippen LogP contribution < -0.4 is 88.4 Å². The monoisotopic (exact) mass is 1640 g/mol. The number of nitrogens with two attached hydrogens (primary N) is 8. The molecule has 0 radical (unpaired) electrons. The Morgan fingerprint density at radius 1 is 0.303 bits per heavy atom. The zero-order chi connectivity index (χ0) is 85.4. The van der Waals surface area contributed by atoms with Gasteiger partial charge in [0.1, 0.15) is 48.3 Å². The Labute approximate surface area is 694 Å². The fourth-order valence-electron chi connectivity index (χ4n) is 14.6. The van der Waals surface area contributed by atoms with Crippen molar-refractivity contribution >= 4 is 97.7 Å². The number of nitrogens with zero attached hydrogens (tertiary/aromatic N) is 2. The van der Waals surface area contributed by atoms with E-state index in [0.717, 1.165) is 27.3 Å². The van der Waals surface area contributed by atoms with Crippen LogP contribution in [0.15, 0.2) is 152 Å². The highest BCUT2D eigenvalue weighted by Gasteiger charge is 2.38. The summed E-state index contributed by atoms with van der Waals surface area (Å²) >= 11 is 0. The number of aromatic amines is 3. The van der Waals surface area contributed by atoms with Crippen LogP contribution in [0, 0.1) is 0 Å². The predicted octanol–water partition coefficient (Wildman–Crippen LogP) is 1.99. The number of hydrogen-bond acceptors (Lipinski definition) is 18. The molecule has 32 heteroatoms. The van der Waals surface area contributed by atoms with Gasteiger partial charge in [-0.2, -0.15) is 0 Å². The maximum atomic E-state index is 16.0. The molecule has 0 aliphatic rings. The highest BCUT2D eigenvalue weighted by atomic mass is 16.2. The van der Waals surface area contributed by atoms with Gasteiger partial charge in [-0.1, -0.05) is 122 Å². The number of fused-ring (bicyclic) bond motifs is 3. The first-order chi connectivity index (χ1) is 57.6. The topological polar surface area (TPSA) is 546 Å². The summed E-state index contributed by atoms with van der Waals surface area (Å²) in [6.07, 6.45) is 11.1. The molecule has 0 unspecified atom stereocenters. The van der Waals surface area contributed by atoms with E-state index >= 15 is 24.0 Å². The largest absolute Gasteiger partial charge is 0.368 e. The summed E-state index contributed by atoms with van der Waals surface area (Å²) in [5, 5.41) is 25.2. The van der Waals surface area contributed by atoms with Crippen LogP contribution in [0.2, 0.25) is 0 Å². The molecule has 32 nitrogen and oxygen atoms in total. The minimum atomic E-state index is -1.51. The Balaban J connectivity index is 1.13. The van der Waals surface area contributed by atoms with E-state index in [1.807, 2.05) is 78.9 Å². The van der Waals surface area contributed by atoms with Gasteiger partial charge in [0.25, 0.3) is 0 Å². The number of benzene rings is 5. The molecule has 0 aliphatic heterocycles. The number of rotatable bonds is 55. The molecule has 5 aromatic carbocycles. The molecule has 11 amide bonds. The van der Waals surface area contributed by atoms with Crippen molar-refractivity contribution in [2.45, 2.75) is 189 Å². The maximum Gasteiger partial charge on any atom is 0.245 e. The fraction of sp³-hybridized carbons (Fsp3) is 0.460.